The van der Waals surface area contributed by atoms with Crippen LogP contribution in [0.1, 0.15) is 20.8 Å². The monoisotopic (exact) mass is 212 g/mol. The molecule has 0 heterocycles. The molecule has 0 saturated heterocycles. The maximum atomic E-state index is 5.30. The van der Waals surface area contributed by atoms with Gasteiger partial charge in [-0.25, -0.2) is 0 Å². The van der Waals surface area contributed by atoms with Gasteiger partial charge in [-0.15, -0.1) is 0 Å². The van der Waals surface area contributed by atoms with Gasteiger partial charge in [0.2, 0.25) is 0 Å². The number of hydrogen-bond acceptors (Lipinski definition) is 4. The van der Waals surface area contributed by atoms with Gasteiger partial charge < -0.3 is 0 Å². The van der Waals surface area contributed by atoms with E-state index in [1.54, 1.807) is 6.92 Å². The van der Waals surface area contributed by atoms with E-state index >= 15 is 0 Å². The fourth-order valence-corrected chi connectivity index (χ4v) is 1.23. The van der Waals surface area contributed by atoms with Crippen LogP contribution in [0.3, 0.4) is 0 Å². The summed E-state index contributed by atoms with van der Waals surface area (Å²) in [6.45, 7) is 5.63. The molecule has 0 unspecified atom stereocenters. The summed E-state index contributed by atoms with van der Waals surface area (Å²) in [5, 5.41) is 0. The first kappa shape index (κ1) is 12.6. The van der Waals surface area contributed by atoms with Crippen molar-refractivity contribution in [3.05, 3.63) is 0 Å². The predicted molar refractivity (Wildman–Crippen MR) is 39.7 cm³/mol. The summed E-state index contributed by atoms with van der Waals surface area (Å²) in [7, 11) is 3.07. The zero-order valence-corrected chi connectivity index (χ0v) is 9.77. The van der Waals surface area contributed by atoms with Gasteiger partial charge in [0.1, 0.15) is 0 Å². The Kier molecular flexibility index (Phi) is 6.36. The molecule has 0 aliphatic rings. The zero-order valence-electron chi connectivity index (χ0n) is 8.21. The van der Waals surface area contributed by atoms with Crippen LogP contribution in [0.25, 0.3) is 0 Å². The molecule has 0 aliphatic carbocycles. The second-order valence-electron chi connectivity index (χ2n) is 2.62. The Hall–Kier alpha value is 0.554. The van der Waals surface area contributed by atoms with Crippen LogP contribution >= 0.6 is 0 Å². The van der Waals surface area contributed by atoms with Crippen molar-refractivity contribution in [3.63, 3.8) is 0 Å². The first-order valence-corrected chi connectivity index (χ1v) is 5.00. The summed E-state index contributed by atoms with van der Waals surface area (Å²) in [5.74, 6) is -0.950. The van der Waals surface area contributed by atoms with Crippen molar-refractivity contribution in [1.29, 1.82) is 0 Å². The standard InChI is InChI=1S/C4H9O3.C3H7O.Ti/c1-4(5,6-2)7-3;1-3(2)4;/h1-3H3;3H,1-2H3;/q2*-1;+2. The Morgan fingerprint density at radius 3 is 2.00 bits per heavy atom. The van der Waals surface area contributed by atoms with Crippen LogP contribution in [0.4, 0.5) is 0 Å². The van der Waals surface area contributed by atoms with E-state index < -0.39 is 25.9 Å². The Balaban J connectivity index is 3.58. The molecule has 0 spiro atoms. The molecule has 0 N–H and O–H groups in total. The summed E-state index contributed by atoms with van der Waals surface area (Å²) in [4.78, 5) is 0. The number of rotatable bonds is 6. The van der Waals surface area contributed by atoms with E-state index in [9.17, 15) is 0 Å². The molecule has 12 heavy (non-hydrogen) atoms. The summed E-state index contributed by atoms with van der Waals surface area (Å²) in [6, 6.07) is 0. The molecule has 0 aromatic heterocycles. The molecule has 0 aliphatic heterocycles. The molecule has 0 bridgehead atoms. The predicted octanol–water partition coefficient (Wildman–Crippen LogP) is 1.31. The van der Waals surface area contributed by atoms with Crippen LogP contribution in [0.2, 0.25) is 0 Å². The number of methoxy groups -OCH3 is 2. The average molecular weight is 212 g/mol. The fourth-order valence-electron chi connectivity index (χ4n) is 0.363. The molecule has 72 valence electrons. The maximum absolute atomic E-state index is 5.30. The summed E-state index contributed by atoms with van der Waals surface area (Å²) in [5.41, 5.74) is 0. The minimum absolute atomic E-state index is 0.197. The van der Waals surface area contributed by atoms with Crippen LogP contribution in [0.15, 0.2) is 0 Å². The molecule has 0 atom stereocenters. The molecule has 0 fully saturated rings. The van der Waals surface area contributed by atoms with Gasteiger partial charge in [0.05, 0.1) is 0 Å². The van der Waals surface area contributed by atoms with Crippen LogP contribution in [0, 0.1) is 0 Å². The van der Waals surface area contributed by atoms with Crippen molar-refractivity contribution in [2.45, 2.75) is 32.8 Å². The average Bonchev–Trinajstić information content (AvgIpc) is 2.03. The Morgan fingerprint density at radius 2 is 1.67 bits per heavy atom. The molecular formula is C7H16O4Ti. The third kappa shape index (κ3) is 5.24. The van der Waals surface area contributed by atoms with Gasteiger partial charge in [0.25, 0.3) is 0 Å². The first-order chi connectivity index (χ1) is 5.54. The molecule has 0 rings (SSSR count). The SMILES string of the molecule is COC(C)(OC)[O][Ti][O]C(C)C. The summed E-state index contributed by atoms with van der Waals surface area (Å²) < 4.78 is 20.5. The number of hydrogen-bond donors (Lipinski definition) is 0. The van der Waals surface area contributed by atoms with Gasteiger partial charge in [-0.1, -0.05) is 0 Å². The molecule has 0 aromatic rings. The van der Waals surface area contributed by atoms with E-state index in [-0.39, 0.29) is 6.10 Å². The fraction of sp³-hybridized carbons (Fsp3) is 1.00. The molecule has 4 nitrogen and oxygen atoms in total. The third-order valence-electron chi connectivity index (χ3n) is 1.25. The Morgan fingerprint density at radius 1 is 1.17 bits per heavy atom. The second-order valence-corrected chi connectivity index (χ2v) is 3.57. The normalized spacial score (nSPS) is 12.2. The topological polar surface area (TPSA) is 36.9 Å². The van der Waals surface area contributed by atoms with E-state index in [4.69, 9.17) is 16.1 Å². The van der Waals surface area contributed by atoms with Crippen molar-refractivity contribution in [1.82, 2.24) is 0 Å². The van der Waals surface area contributed by atoms with Gasteiger partial charge in [0, 0.05) is 0 Å². The van der Waals surface area contributed by atoms with E-state index in [0.717, 1.165) is 0 Å². The first-order valence-electron chi connectivity index (χ1n) is 3.73. The molecule has 0 radical (unpaired) electrons. The van der Waals surface area contributed by atoms with Gasteiger partial charge in [-0.05, 0) is 0 Å². The summed E-state index contributed by atoms with van der Waals surface area (Å²) in [6.07, 6.45) is 0.197. The van der Waals surface area contributed by atoms with Crippen molar-refractivity contribution in [3.8, 4) is 0 Å². The van der Waals surface area contributed by atoms with E-state index in [1.165, 1.54) is 14.2 Å². The molecular weight excluding hydrogens is 196 g/mol. The minimum atomic E-state index is -0.950. The van der Waals surface area contributed by atoms with Gasteiger partial charge >= 0.3 is 83.1 Å². The van der Waals surface area contributed by atoms with Crippen molar-refractivity contribution in [2.24, 2.45) is 0 Å². The van der Waals surface area contributed by atoms with Crippen LogP contribution in [-0.4, -0.2) is 26.3 Å². The molecule has 5 heteroatoms. The zero-order chi connectivity index (χ0) is 9.61. The van der Waals surface area contributed by atoms with Crippen LogP contribution < -0.4 is 0 Å². The third-order valence-corrected chi connectivity index (χ3v) is 2.85. The Labute approximate surface area is 83.4 Å². The van der Waals surface area contributed by atoms with Crippen LogP contribution in [-0.2, 0) is 36.0 Å². The van der Waals surface area contributed by atoms with Crippen molar-refractivity contribution < 1.29 is 36.0 Å². The summed E-state index contributed by atoms with van der Waals surface area (Å²) >= 11 is -0.895. The van der Waals surface area contributed by atoms with Crippen LogP contribution in [0.5, 0.6) is 0 Å². The van der Waals surface area contributed by atoms with E-state index in [1.807, 2.05) is 13.8 Å². The van der Waals surface area contributed by atoms with E-state index in [0.29, 0.717) is 0 Å². The Bertz CT molecular complexity index is 114. The molecule has 0 saturated carbocycles. The van der Waals surface area contributed by atoms with E-state index in [2.05, 4.69) is 0 Å². The van der Waals surface area contributed by atoms with Crippen molar-refractivity contribution >= 4 is 0 Å². The quantitative estimate of drug-likeness (QED) is 0.491. The van der Waals surface area contributed by atoms with Gasteiger partial charge in [0.15, 0.2) is 0 Å². The second kappa shape index (κ2) is 6.08. The van der Waals surface area contributed by atoms with Crippen molar-refractivity contribution in [2.75, 3.05) is 14.2 Å². The molecule has 0 amide bonds. The van der Waals surface area contributed by atoms with Gasteiger partial charge in [-0.3, -0.25) is 0 Å². The van der Waals surface area contributed by atoms with Gasteiger partial charge in [-0.2, -0.15) is 0 Å². The number of ether oxygens (including phenoxy) is 2. The molecule has 0 aromatic carbocycles.